The van der Waals surface area contributed by atoms with Crippen molar-refractivity contribution in [1.82, 2.24) is 5.32 Å². The molecule has 4 nitrogen and oxygen atoms in total. The number of carboxylic acids is 1. The Bertz CT molecular complexity index is 486. The van der Waals surface area contributed by atoms with Crippen LogP contribution in [0.2, 0.25) is 0 Å². The van der Waals surface area contributed by atoms with Gasteiger partial charge in [0, 0.05) is 4.90 Å². The summed E-state index contributed by atoms with van der Waals surface area (Å²) in [5.41, 5.74) is 1.03. The monoisotopic (exact) mass is 279 g/mol. The number of benzene rings is 1. The van der Waals surface area contributed by atoms with Crippen LogP contribution in [0.25, 0.3) is 0 Å². The number of carbonyl (C=O) groups is 2. The summed E-state index contributed by atoms with van der Waals surface area (Å²) in [6.07, 6.45) is 2.47. The maximum absolute atomic E-state index is 11.8. The molecule has 1 aromatic rings. The quantitative estimate of drug-likeness (QED) is 0.812. The number of nitrogens with one attached hydrogen (secondary N) is 1. The summed E-state index contributed by atoms with van der Waals surface area (Å²) in [7, 11) is 0. The smallest absolute Gasteiger partial charge is 0.307 e. The zero-order valence-electron chi connectivity index (χ0n) is 10.9. The second-order valence-electron chi connectivity index (χ2n) is 4.79. The van der Waals surface area contributed by atoms with Crippen LogP contribution in [0, 0.1) is 11.8 Å². The van der Waals surface area contributed by atoms with E-state index >= 15 is 0 Å². The number of hydrogen-bond acceptors (Lipinski definition) is 3. The molecule has 0 radical (unpaired) electrons. The summed E-state index contributed by atoms with van der Waals surface area (Å²) in [6.45, 7) is 1.91. The minimum absolute atomic E-state index is 0.0987. The van der Waals surface area contributed by atoms with Crippen molar-refractivity contribution in [3.8, 4) is 0 Å². The average molecular weight is 279 g/mol. The Kier molecular flexibility index (Phi) is 4.14. The van der Waals surface area contributed by atoms with Crippen LogP contribution in [0.15, 0.2) is 29.2 Å². The van der Waals surface area contributed by atoms with Crippen LogP contribution in [0.4, 0.5) is 0 Å². The Morgan fingerprint density at radius 2 is 1.95 bits per heavy atom. The molecule has 0 spiro atoms. The van der Waals surface area contributed by atoms with Gasteiger partial charge in [-0.25, -0.2) is 0 Å². The van der Waals surface area contributed by atoms with Gasteiger partial charge in [0.05, 0.1) is 17.9 Å². The normalized spacial score (nSPS) is 22.6. The SMILES string of the molecule is CSc1ccc(C(C)NC(=O)C2CC2C(=O)O)cc1. The van der Waals surface area contributed by atoms with Gasteiger partial charge < -0.3 is 10.4 Å². The minimum atomic E-state index is -0.878. The van der Waals surface area contributed by atoms with Gasteiger partial charge in [-0.15, -0.1) is 11.8 Å². The fraction of sp³-hybridized carbons (Fsp3) is 0.429. The van der Waals surface area contributed by atoms with E-state index in [2.05, 4.69) is 5.32 Å². The van der Waals surface area contributed by atoms with Gasteiger partial charge in [-0.1, -0.05) is 12.1 Å². The number of carboxylic acid groups (broad SMARTS) is 1. The lowest BCUT2D eigenvalue weighted by molar-refractivity contribution is -0.140. The van der Waals surface area contributed by atoms with Crippen molar-refractivity contribution in [1.29, 1.82) is 0 Å². The van der Waals surface area contributed by atoms with Crippen molar-refractivity contribution in [3.05, 3.63) is 29.8 Å². The van der Waals surface area contributed by atoms with Crippen molar-refractivity contribution in [2.45, 2.75) is 24.3 Å². The topological polar surface area (TPSA) is 66.4 Å². The highest BCUT2D eigenvalue weighted by atomic mass is 32.2. The van der Waals surface area contributed by atoms with Crippen molar-refractivity contribution in [2.75, 3.05) is 6.26 Å². The number of rotatable bonds is 5. The molecule has 19 heavy (non-hydrogen) atoms. The molecule has 3 atom stereocenters. The third-order valence-corrected chi connectivity index (χ3v) is 4.16. The Morgan fingerprint density at radius 3 is 2.42 bits per heavy atom. The maximum Gasteiger partial charge on any atom is 0.307 e. The summed E-state index contributed by atoms with van der Waals surface area (Å²) in [4.78, 5) is 23.7. The fourth-order valence-corrected chi connectivity index (χ4v) is 2.46. The Morgan fingerprint density at radius 1 is 1.32 bits per heavy atom. The van der Waals surface area contributed by atoms with E-state index in [1.54, 1.807) is 11.8 Å². The number of amides is 1. The van der Waals surface area contributed by atoms with Crippen LogP contribution in [0.1, 0.15) is 24.9 Å². The number of hydrogen-bond donors (Lipinski definition) is 2. The molecule has 0 bridgehead atoms. The fourth-order valence-electron chi connectivity index (χ4n) is 2.05. The first kappa shape index (κ1) is 13.9. The Hall–Kier alpha value is -1.49. The molecule has 1 amide bonds. The van der Waals surface area contributed by atoms with Gasteiger partial charge >= 0.3 is 5.97 Å². The van der Waals surface area contributed by atoms with Crippen molar-refractivity contribution in [3.63, 3.8) is 0 Å². The van der Waals surface area contributed by atoms with Gasteiger partial charge in [0.2, 0.25) is 5.91 Å². The highest BCUT2D eigenvalue weighted by Gasteiger charge is 2.48. The minimum Gasteiger partial charge on any atom is -0.481 e. The molecule has 3 unspecified atom stereocenters. The molecule has 1 aliphatic carbocycles. The molecule has 0 saturated heterocycles. The lowest BCUT2D eigenvalue weighted by atomic mass is 10.1. The van der Waals surface area contributed by atoms with Gasteiger partial charge in [0.1, 0.15) is 0 Å². The molecule has 2 N–H and O–H groups in total. The van der Waals surface area contributed by atoms with Gasteiger partial charge in [0.25, 0.3) is 0 Å². The van der Waals surface area contributed by atoms with Crippen LogP contribution in [-0.4, -0.2) is 23.2 Å². The van der Waals surface area contributed by atoms with E-state index in [-0.39, 0.29) is 17.9 Å². The van der Waals surface area contributed by atoms with E-state index in [1.807, 2.05) is 37.4 Å². The molecular formula is C14H17NO3S. The Labute approximate surface area is 116 Å². The molecule has 1 saturated carbocycles. The zero-order valence-corrected chi connectivity index (χ0v) is 11.7. The molecule has 0 heterocycles. The van der Waals surface area contributed by atoms with Crippen LogP contribution in [0.3, 0.4) is 0 Å². The summed E-state index contributed by atoms with van der Waals surface area (Å²) in [5, 5.41) is 11.7. The van der Waals surface area contributed by atoms with Crippen molar-refractivity contribution < 1.29 is 14.7 Å². The summed E-state index contributed by atoms with van der Waals surface area (Å²) < 4.78 is 0. The first-order chi connectivity index (χ1) is 9.02. The number of thioether (sulfide) groups is 1. The highest BCUT2D eigenvalue weighted by molar-refractivity contribution is 7.98. The molecule has 0 aromatic heterocycles. The molecular weight excluding hydrogens is 262 g/mol. The zero-order chi connectivity index (χ0) is 14.0. The molecule has 1 fully saturated rings. The van der Waals surface area contributed by atoms with Crippen molar-refractivity contribution in [2.24, 2.45) is 11.8 Å². The van der Waals surface area contributed by atoms with Crippen LogP contribution >= 0.6 is 11.8 Å². The van der Waals surface area contributed by atoms with E-state index in [1.165, 1.54) is 4.90 Å². The standard InChI is InChI=1S/C14H17NO3S/c1-8(9-3-5-10(19-2)6-4-9)15-13(16)11-7-12(11)14(17)18/h3-6,8,11-12H,7H2,1-2H3,(H,15,16)(H,17,18). The van der Waals surface area contributed by atoms with Gasteiger partial charge in [-0.2, -0.15) is 0 Å². The predicted octanol–water partition coefficient (Wildman–Crippen LogP) is 2.31. The van der Waals surface area contributed by atoms with E-state index in [4.69, 9.17) is 5.11 Å². The number of aliphatic carboxylic acids is 1. The predicted molar refractivity (Wildman–Crippen MR) is 74.0 cm³/mol. The van der Waals surface area contributed by atoms with Crippen LogP contribution < -0.4 is 5.32 Å². The first-order valence-electron chi connectivity index (χ1n) is 6.20. The second kappa shape index (κ2) is 5.65. The third-order valence-electron chi connectivity index (χ3n) is 3.42. The molecule has 2 rings (SSSR count). The maximum atomic E-state index is 11.8. The van der Waals surface area contributed by atoms with E-state index in [0.29, 0.717) is 6.42 Å². The molecule has 0 aliphatic heterocycles. The Balaban J connectivity index is 1.91. The summed E-state index contributed by atoms with van der Waals surface area (Å²) in [6, 6.07) is 7.90. The molecule has 1 aliphatic rings. The third kappa shape index (κ3) is 3.29. The first-order valence-corrected chi connectivity index (χ1v) is 7.42. The van der Waals surface area contributed by atoms with E-state index in [9.17, 15) is 9.59 Å². The largest absolute Gasteiger partial charge is 0.481 e. The van der Waals surface area contributed by atoms with Gasteiger partial charge in [0.15, 0.2) is 0 Å². The van der Waals surface area contributed by atoms with E-state index in [0.717, 1.165) is 5.56 Å². The molecule has 5 heteroatoms. The van der Waals surface area contributed by atoms with E-state index < -0.39 is 11.9 Å². The molecule has 1 aromatic carbocycles. The van der Waals surface area contributed by atoms with Gasteiger partial charge in [-0.3, -0.25) is 9.59 Å². The number of carbonyl (C=O) groups excluding carboxylic acids is 1. The van der Waals surface area contributed by atoms with Gasteiger partial charge in [-0.05, 0) is 37.3 Å². The molecule has 102 valence electrons. The van der Waals surface area contributed by atoms with Crippen LogP contribution in [0.5, 0.6) is 0 Å². The van der Waals surface area contributed by atoms with Crippen LogP contribution in [-0.2, 0) is 9.59 Å². The van der Waals surface area contributed by atoms with Crippen molar-refractivity contribution >= 4 is 23.6 Å². The average Bonchev–Trinajstić information content (AvgIpc) is 3.19. The summed E-state index contributed by atoms with van der Waals surface area (Å²) >= 11 is 1.67. The summed E-state index contributed by atoms with van der Waals surface area (Å²) in [5.74, 6) is -1.89. The highest BCUT2D eigenvalue weighted by Crippen LogP contribution is 2.39. The lowest BCUT2D eigenvalue weighted by Gasteiger charge is -2.14. The lowest BCUT2D eigenvalue weighted by Crippen LogP contribution is -2.29. The second-order valence-corrected chi connectivity index (χ2v) is 5.67.